The number of anilines is 3. The minimum absolute atomic E-state index is 0.116. The predicted octanol–water partition coefficient (Wildman–Crippen LogP) is 12.2. The van der Waals surface area contributed by atoms with E-state index in [4.69, 9.17) is 4.42 Å². The summed E-state index contributed by atoms with van der Waals surface area (Å²) in [4.78, 5) is 2.36. The highest BCUT2D eigenvalue weighted by atomic mass is 16.3. The van der Waals surface area contributed by atoms with Gasteiger partial charge in [0.2, 0.25) is 0 Å². The summed E-state index contributed by atoms with van der Waals surface area (Å²) in [6.07, 6.45) is 0. The van der Waals surface area contributed by atoms with Crippen LogP contribution >= 0.6 is 0 Å². The maximum Gasteiger partial charge on any atom is 0.136 e. The molecule has 9 rings (SSSR count). The van der Waals surface area contributed by atoms with E-state index in [1.54, 1.807) is 0 Å². The molecule has 0 radical (unpaired) electrons. The SMILES string of the molecule is CC1(C)c2ccc(N(c3ccccc3)c3ccc(-c4ccc5ccccc5c4)cc3)cc2-c2cc3oc4ccccc4c3cc21. The number of nitrogens with zero attached hydrogens (tertiary/aromatic N) is 1. The van der Waals surface area contributed by atoms with Gasteiger partial charge in [0.15, 0.2) is 0 Å². The summed E-state index contributed by atoms with van der Waals surface area (Å²) in [7, 11) is 0. The van der Waals surface area contributed by atoms with Crippen LogP contribution in [-0.4, -0.2) is 0 Å². The van der Waals surface area contributed by atoms with Gasteiger partial charge in [0.1, 0.15) is 11.2 Å². The minimum atomic E-state index is -0.116. The first-order chi connectivity index (χ1) is 22.0. The van der Waals surface area contributed by atoms with Crippen molar-refractivity contribution < 1.29 is 4.42 Å². The summed E-state index contributed by atoms with van der Waals surface area (Å²) in [5, 5.41) is 4.87. The van der Waals surface area contributed by atoms with Crippen molar-refractivity contribution in [2.24, 2.45) is 0 Å². The van der Waals surface area contributed by atoms with Gasteiger partial charge in [-0.05, 0) is 105 Å². The van der Waals surface area contributed by atoms with Gasteiger partial charge in [0.05, 0.1) is 0 Å². The number of para-hydroxylation sites is 2. The minimum Gasteiger partial charge on any atom is -0.456 e. The van der Waals surface area contributed by atoms with E-state index in [2.05, 4.69) is 164 Å². The fourth-order valence-corrected chi connectivity index (χ4v) is 7.29. The van der Waals surface area contributed by atoms with Crippen molar-refractivity contribution in [1.29, 1.82) is 0 Å². The highest BCUT2D eigenvalue weighted by molar-refractivity contribution is 6.07. The van der Waals surface area contributed by atoms with Crippen molar-refractivity contribution in [3.05, 3.63) is 163 Å². The third kappa shape index (κ3) is 4.03. The molecule has 0 aliphatic heterocycles. The molecular formula is C43H31NO. The first-order valence-corrected chi connectivity index (χ1v) is 15.6. The van der Waals surface area contributed by atoms with Crippen LogP contribution in [0.15, 0.2) is 156 Å². The number of furan rings is 1. The van der Waals surface area contributed by atoms with Crippen LogP contribution in [0.2, 0.25) is 0 Å². The maximum absolute atomic E-state index is 6.34. The van der Waals surface area contributed by atoms with Crippen LogP contribution in [0.25, 0.3) is 55.0 Å². The van der Waals surface area contributed by atoms with E-state index in [0.717, 1.165) is 28.2 Å². The number of hydrogen-bond acceptors (Lipinski definition) is 2. The molecule has 0 atom stereocenters. The van der Waals surface area contributed by atoms with Gasteiger partial charge < -0.3 is 9.32 Å². The Balaban J connectivity index is 1.17. The Morgan fingerprint density at radius 2 is 1.11 bits per heavy atom. The molecule has 45 heavy (non-hydrogen) atoms. The van der Waals surface area contributed by atoms with E-state index in [1.165, 1.54) is 54.9 Å². The smallest absolute Gasteiger partial charge is 0.136 e. The summed E-state index contributed by atoms with van der Waals surface area (Å²) in [5.41, 5.74) is 12.8. The number of benzene rings is 7. The molecule has 2 nitrogen and oxygen atoms in total. The fourth-order valence-electron chi connectivity index (χ4n) is 7.29. The molecule has 1 aliphatic carbocycles. The molecular weight excluding hydrogens is 546 g/mol. The Morgan fingerprint density at radius 1 is 0.444 bits per heavy atom. The second kappa shape index (κ2) is 9.70. The Kier molecular flexibility index (Phi) is 5.58. The Hall–Kier alpha value is -5.60. The molecule has 1 aromatic heterocycles. The quantitative estimate of drug-likeness (QED) is 0.207. The normalized spacial score (nSPS) is 13.3. The molecule has 0 fully saturated rings. The first kappa shape index (κ1) is 25.9. The summed E-state index contributed by atoms with van der Waals surface area (Å²) in [5.74, 6) is 0. The van der Waals surface area contributed by atoms with E-state index in [1.807, 2.05) is 6.07 Å². The topological polar surface area (TPSA) is 16.4 Å². The second-order valence-electron chi connectivity index (χ2n) is 12.6. The zero-order chi connectivity index (χ0) is 30.1. The molecule has 0 amide bonds. The summed E-state index contributed by atoms with van der Waals surface area (Å²) in [6.45, 7) is 4.68. The zero-order valence-electron chi connectivity index (χ0n) is 25.3. The van der Waals surface area contributed by atoms with E-state index < -0.39 is 0 Å². The number of hydrogen-bond donors (Lipinski definition) is 0. The molecule has 1 heterocycles. The molecule has 7 aromatic carbocycles. The van der Waals surface area contributed by atoms with E-state index >= 15 is 0 Å². The van der Waals surface area contributed by atoms with E-state index in [9.17, 15) is 0 Å². The van der Waals surface area contributed by atoms with Gasteiger partial charge in [0, 0.05) is 33.2 Å². The van der Waals surface area contributed by atoms with E-state index in [0.29, 0.717) is 0 Å². The van der Waals surface area contributed by atoms with Gasteiger partial charge >= 0.3 is 0 Å². The van der Waals surface area contributed by atoms with Crippen LogP contribution in [-0.2, 0) is 5.41 Å². The van der Waals surface area contributed by atoms with Gasteiger partial charge in [-0.3, -0.25) is 0 Å². The van der Waals surface area contributed by atoms with Crippen molar-refractivity contribution in [2.45, 2.75) is 19.3 Å². The molecule has 0 saturated heterocycles. The molecule has 8 aromatic rings. The lowest BCUT2D eigenvalue weighted by molar-refractivity contribution is 0.658. The van der Waals surface area contributed by atoms with Gasteiger partial charge in [-0.15, -0.1) is 0 Å². The van der Waals surface area contributed by atoms with Crippen LogP contribution in [0.3, 0.4) is 0 Å². The third-order valence-electron chi connectivity index (χ3n) is 9.64. The van der Waals surface area contributed by atoms with Crippen LogP contribution < -0.4 is 4.90 Å². The average molecular weight is 578 g/mol. The predicted molar refractivity (Wildman–Crippen MR) is 189 cm³/mol. The van der Waals surface area contributed by atoms with Gasteiger partial charge in [0.25, 0.3) is 0 Å². The average Bonchev–Trinajstić information content (AvgIpc) is 3.56. The first-order valence-electron chi connectivity index (χ1n) is 15.6. The second-order valence-corrected chi connectivity index (χ2v) is 12.6. The van der Waals surface area contributed by atoms with Gasteiger partial charge in [-0.1, -0.05) is 105 Å². The molecule has 2 heteroatoms. The fraction of sp³-hybridized carbons (Fsp3) is 0.0698. The molecule has 0 saturated carbocycles. The van der Waals surface area contributed by atoms with Crippen molar-refractivity contribution in [2.75, 3.05) is 4.90 Å². The molecule has 0 unspecified atom stereocenters. The van der Waals surface area contributed by atoms with Crippen molar-refractivity contribution in [3.8, 4) is 22.3 Å². The largest absolute Gasteiger partial charge is 0.456 e. The van der Waals surface area contributed by atoms with Gasteiger partial charge in [-0.2, -0.15) is 0 Å². The van der Waals surface area contributed by atoms with Crippen LogP contribution in [0.1, 0.15) is 25.0 Å². The highest BCUT2D eigenvalue weighted by Crippen LogP contribution is 2.52. The molecule has 0 N–H and O–H groups in total. The summed E-state index contributed by atoms with van der Waals surface area (Å²) < 4.78 is 6.34. The molecule has 1 aliphatic rings. The number of rotatable bonds is 4. The van der Waals surface area contributed by atoms with E-state index in [-0.39, 0.29) is 5.41 Å². The van der Waals surface area contributed by atoms with Crippen molar-refractivity contribution in [1.82, 2.24) is 0 Å². The molecule has 0 bridgehead atoms. The van der Waals surface area contributed by atoms with Crippen LogP contribution in [0.5, 0.6) is 0 Å². The highest BCUT2D eigenvalue weighted by Gasteiger charge is 2.37. The summed E-state index contributed by atoms with van der Waals surface area (Å²) >= 11 is 0. The number of fused-ring (bicyclic) bond motifs is 7. The van der Waals surface area contributed by atoms with Crippen LogP contribution in [0.4, 0.5) is 17.1 Å². The zero-order valence-corrected chi connectivity index (χ0v) is 25.3. The Labute approximate surface area is 262 Å². The lowest BCUT2D eigenvalue weighted by atomic mass is 9.82. The Bertz CT molecular complexity index is 2400. The third-order valence-corrected chi connectivity index (χ3v) is 9.64. The monoisotopic (exact) mass is 577 g/mol. The Morgan fingerprint density at radius 3 is 1.96 bits per heavy atom. The van der Waals surface area contributed by atoms with Crippen LogP contribution in [0, 0.1) is 0 Å². The summed E-state index contributed by atoms with van der Waals surface area (Å²) in [6, 6.07) is 54.7. The van der Waals surface area contributed by atoms with Gasteiger partial charge in [-0.25, -0.2) is 0 Å². The molecule has 0 spiro atoms. The van der Waals surface area contributed by atoms with Crippen molar-refractivity contribution >= 4 is 49.8 Å². The lowest BCUT2D eigenvalue weighted by Crippen LogP contribution is -2.15. The standard InChI is InChI=1S/C43H31NO/c1-43(2)39-23-22-34(25-36(39)37-27-42-38(26-40(37)43)35-14-8-9-15-41(35)45-42)44(32-12-4-3-5-13-32)33-20-18-29(19-21-33)31-17-16-28-10-6-7-11-30(28)24-31/h3-27H,1-2H3. The molecule has 214 valence electrons. The lowest BCUT2D eigenvalue weighted by Gasteiger charge is -2.27. The van der Waals surface area contributed by atoms with Crippen molar-refractivity contribution in [3.63, 3.8) is 0 Å². The maximum atomic E-state index is 6.34.